The predicted octanol–water partition coefficient (Wildman–Crippen LogP) is 3.21. The first-order valence-electron chi connectivity index (χ1n) is 6.96. The Bertz CT molecular complexity index is 640. The van der Waals surface area contributed by atoms with Crippen molar-refractivity contribution in [3.63, 3.8) is 0 Å². The molecule has 2 heterocycles. The normalized spacial score (nSPS) is 14.2. The average molecular weight is 356 g/mol. The van der Waals surface area contributed by atoms with E-state index in [-0.39, 0.29) is 0 Å². The minimum absolute atomic E-state index is 0.333. The minimum Gasteiger partial charge on any atom is -0.385 e. The Kier molecular flexibility index (Phi) is 4.78. The molecule has 2 aromatic rings. The van der Waals surface area contributed by atoms with Crippen LogP contribution < -0.4 is 0 Å². The number of pyridine rings is 1. The Hall–Kier alpha value is -1.27. The van der Waals surface area contributed by atoms with Gasteiger partial charge in [0.15, 0.2) is 0 Å². The van der Waals surface area contributed by atoms with Crippen LogP contribution in [0.5, 0.6) is 0 Å². The number of halogens is 2. The van der Waals surface area contributed by atoms with Crippen LogP contribution in [-0.4, -0.2) is 19.9 Å². The molecular weight excluding hydrogens is 337 g/mol. The van der Waals surface area contributed by atoms with Crippen molar-refractivity contribution in [1.82, 2.24) is 14.8 Å². The topological polar surface area (TPSA) is 50.9 Å². The van der Waals surface area contributed by atoms with E-state index in [2.05, 4.69) is 26.0 Å². The second-order valence-corrected chi connectivity index (χ2v) is 6.01. The molecule has 6 heteroatoms. The monoisotopic (exact) mass is 355 g/mol. The van der Waals surface area contributed by atoms with E-state index in [1.165, 1.54) is 12.3 Å². The minimum atomic E-state index is -1.21. The Morgan fingerprint density at radius 2 is 2.10 bits per heavy atom. The summed E-state index contributed by atoms with van der Waals surface area (Å²) in [7, 11) is 0. The summed E-state index contributed by atoms with van der Waals surface area (Å²) in [6, 6.07) is 1.31. The molecule has 0 saturated carbocycles. The summed E-state index contributed by atoms with van der Waals surface area (Å²) >= 11 is 3.56. The number of rotatable bonds is 5. The molecule has 0 aliphatic rings. The van der Waals surface area contributed by atoms with E-state index < -0.39 is 11.4 Å². The fourth-order valence-corrected chi connectivity index (χ4v) is 3.03. The van der Waals surface area contributed by atoms with Gasteiger partial charge in [-0.3, -0.25) is 9.67 Å². The van der Waals surface area contributed by atoms with E-state index in [9.17, 15) is 9.50 Å². The van der Waals surface area contributed by atoms with Crippen molar-refractivity contribution < 1.29 is 9.50 Å². The fourth-order valence-electron chi connectivity index (χ4n) is 2.32. The summed E-state index contributed by atoms with van der Waals surface area (Å²) in [5.74, 6) is -0.454. The molecule has 1 unspecified atom stereocenters. The van der Waals surface area contributed by atoms with Gasteiger partial charge in [0.2, 0.25) is 0 Å². The van der Waals surface area contributed by atoms with Crippen LogP contribution in [0.15, 0.2) is 22.9 Å². The lowest BCUT2D eigenvalue weighted by Gasteiger charge is -2.24. The molecule has 1 N–H and O–H groups in total. The van der Waals surface area contributed by atoms with Crippen LogP contribution in [0.4, 0.5) is 4.39 Å². The molecule has 0 amide bonds. The van der Waals surface area contributed by atoms with Crippen molar-refractivity contribution in [3.8, 4) is 0 Å². The number of nitrogens with zero attached hydrogens (tertiary/aromatic N) is 3. The van der Waals surface area contributed by atoms with Crippen LogP contribution in [0.25, 0.3) is 0 Å². The van der Waals surface area contributed by atoms with E-state index in [0.29, 0.717) is 18.5 Å². The van der Waals surface area contributed by atoms with E-state index in [4.69, 9.17) is 0 Å². The molecular formula is C15H19BrFN3O. The Labute approximate surface area is 132 Å². The van der Waals surface area contributed by atoms with Gasteiger partial charge in [0.05, 0.1) is 27.7 Å². The number of hydrogen-bond acceptors (Lipinski definition) is 3. The Balaban J connectivity index is 2.38. The molecule has 114 valence electrons. The van der Waals surface area contributed by atoms with Crippen molar-refractivity contribution in [1.29, 1.82) is 0 Å². The van der Waals surface area contributed by atoms with E-state index in [1.54, 1.807) is 6.92 Å². The maximum absolute atomic E-state index is 13.3. The summed E-state index contributed by atoms with van der Waals surface area (Å²) in [5, 5.41) is 15.2. The first kappa shape index (κ1) is 16.1. The lowest BCUT2D eigenvalue weighted by atomic mass is 9.92. The number of aliphatic hydroxyl groups is 1. The number of hydrogen-bond donors (Lipinski definition) is 1. The number of aryl methyl sites for hydroxylation is 2. The molecule has 0 aromatic carbocycles. The molecule has 0 aliphatic carbocycles. The molecule has 0 spiro atoms. The maximum atomic E-state index is 13.3. The third kappa shape index (κ3) is 3.32. The molecule has 2 aromatic heterocycles. The third-order valence-corrected chi connectivity index (χ3v) is 4.45. The molecule has 0 fully saturated rings. The molecule has 4 nitrogen and oxygen atoms in total. The standard InChI is InChI=1S/C15H19BrFN3O/c1-4-12-14(16)13(20(5-2)19-12)7-15(3,21)10-6-11(17)9-18-8-10/h6,8-9,21H,4-5,7H2,1-3H3. The van der Waals surface area contributed by atoms with Crippen molar-refractivity contribution in [2.75, 3.05) is 0 Å². The van der Waals surface area contributed by atoms with Gasteiger partial charge >= 0.3 is 0 Å². The van der Waals surface area contributed by atoms with Crippen molar-refractivity contribution in [2.45, 2.75) is 45.8 Å². The van der Waals surface area contributed by atoms with Gasteiger partial charge in [0.25, 0.3) is 0 Å². The van der Waals surface area contributed by atoms with Gasteiger partial charge in [0.1, 0.15) is 5.82 Å². The highest BCUT2D eigenvalue weighted by Gasteiger charge is 2.28. The predicted molar refractivity (Wildman–Crippen MR) is 82.4 cm³/mol. The third-order valence-electron chi connectivity index (χ3n) is 3.53. The van der Waals surface area contributed by atoms with Gasteiger partial charge in [-0.2, -0.15) is 5.10 Å². The van der Waals surface area contributed by atoms with Gasteiger partial charge in [0, 0.05) is 24.7 Å². The highest BCUT2D eigenvalue weighted by Crippen LogP contribution is 2.30. The summed E-state index contributed by atoms with van der Waals surface area (Å²) < 4.78 is 16.1. The summed E-state index contributed by atoms with van der Waals surface area (Å²) in [4.78, 5) is 3.81. The highest BCUT2D eigenvalue weighted by molar-refractivity contribution is 9.10. The van der Waals surface area contributed by atoms with Gasteiger partial charge in [-0.25, -0.2) is 4.39 Å². The summed E-state index contributed by atoms with van der Waals surface area (Å²) in [5.41, 5.74) is 1.11. The largest absolute Gasteiger partial charge is 0.385 e. The summed E-state index contributed by atoms with van der Waals surface area (Å²) in [6.45, 7) is 6.41. The molecule has 1 atom stereocenters. The smallest absolute Gasteiger partial charge is 0.141 e. The van der Waals surface area contributed by atoms with Crippen LogP contribution in [0.1, 0.15) is 37.7 Å². The lowest BCUT2D eigenvalue weighted by molar-refractivity contribution is 0.0545. The van der Waals surface area contributed by atoms with Crippen LogP contribution in [0.2, 0.25) is 0 Å². The summed E-state index contributed by atoms with van der Waals surface area (Å²) in [6.07, 6.45) is 3.76. The van der Waals surface area contributed by atoms with Gasteiger partial charge < -0.3 is 5.11 Å². The van der Waals surface area contributed by atoms with Crippen LogP contribution >= 0.6 is 15.9 Å². The highest BCUT2D eigenvalue weighted by atomic mass is 79.9. The van der Waals surface area contributed by atoms with E-state index >= 15 is 0 Å². The first-order valence-corrected chi connectivity index (χ1v) is 7.75. The van der Waals surface area contributed by atoms with Crippen LogP contribution in [0, 0.1) is 5.82 Å². The van der Waals surface area contributed by atoms with Gasteiger partial charge in [-0.05, 0) is 42.3 Å². The van der Waals surface area contributed by atoms with E-state index in [0.717, 1.165) is 28.5 Å². The fraction of sp³-hybridized carbons (Fsp3) is 0.467. The zero-order valence-corrected chi connectivity index (χ0v) is 14.0. The molecule has 2 rings (SSSR count). The van der Waals surface area contributed by atoms with Gasteiger partial charge in [-0.1, -0.05) is 6.92 Å². The molecule has 0 bridgehead atoms. The quantitative estimate of drug-likeness (QED) is 0.895. The van der Waals surface area contributed by atoms with Crippen LogP contribution in [-0.2, 0) is 25.0 Å². The second-order valence-electron chi connectivity index (χ2n) is 5.22. The first-order chi connectivity index (χ1) is 9.89. The Morgan fingerprint density at radius 1 is 1.38 bits per heavy atom. The molecule has 0 aliphatic heterocycles. The van der Waals surface area contributed by atoms with Crippen molar-refractivity contribution in [3.05, 3.63) is 45.7 Å². The zero-order chi connectivity index (χ0) is 15.6. The average Bonchev–Trinajstić information content (AvgIpc) is 2.75. The number of aromatic nitrogens is 3. The second kappa shape index (κ2) is 6.23. The molecule has 0 saturated heterocycles. The van der Waals surface area contributed by atoms with Crippen molar-refractivity contribution >= 4 is 15.9 Å². The maximum Gasteiger partial charge on any atom is 0.141 e. The lowest BCUT2D eigenvalue weighted by Crippen LogP contribution is -2.26. The van der Waals surface area contributed by atoms with Crippen LogP contribution in [0.3, 0.4) is 0 Å². The SMILES string of the molecule is CCc1nn(CC)c(CC(C)(O)c2cncc(F)c2)c1Br. The Morgan fingerprint density at radius 3 is 2.67 bits per heavy atom. The van der Waals surface area contributed by atoms with E-state index in [1.807, 2.05) is 18.5 Å². The van der Waals surface area contributed by atoms with Gasteiger partial charge in [-0.15, -0.1) is 0 Å². The van der Waals surface area contributed by atoms with Crippen molar-refractivity contribution in [2.24, 2.45) is 0 Å². The molecule has 0 radical (unpaired) electrons. The zero-order valence-electron chi connectivity index (χ0n) is 12.4. The molecule has 21 heavy (non-hydrogen) atoms.